The molecule has 24 heavy (non-hydrogen) atoms. The van der Waals surface area contributed by atoms with E-state index in [0.717, 1.165) is 17.7 Å². The van der Waals surface area contributed by atoms with Gasteiger partial charge in [0.2, 0.25) is 0 Å². The zero-order valence-corrected chi connectivity index (χ0v) is 14.6. The number of ether oxygens (including phenoxy) is 2. The van der Waals surface area contributed by atoms with Crippen LogP contribution in [0.5, 0.6) is 11.5 Å². The van der Waals surface area contributed by atoms with Crippen LogP contribution in [0.3, 0.4) is 0 Å². The zero-order chi connectivity index (χ0) is 17.4. The van der Waals surface area contributed by atoms with Crippen molar-refractivity contribution in [1.29, 1.82) is 0 Å². The summed E-state index contributed by atoms with van der Waals surface area (Å²) in [6.45, 7) is 7.64. The molecule has 0 aliphatic heterocycles. The molecule has 0 bridgehead atoms. The Morgan fingerprint density at radius 2 is 1.83 bits per heavy atom. The summed E-state index contributed by atoms with van der Waals surface area (Å²) in [5.41, 5.74) is 2.88. The van der Waals surface area contributed by atoms with Crippen LogP contribution in [-0.4, -0.2) is 25.7 Å². The molecule has 4 heteroatoms. The Labute approximate surface area is 143 Å². The van der Waals surface area contributed by atoms with Crippen molar-refractivity contribution in [1.82, 2.24) is 5.32 Å². The first-order chi connectivity index (χ1) is 11.6. The highest BCUT2D eigenvalue weighted by molar-refractivity contribution is 5.94. The molecule has 0 heterocycles. The third kappa shape index (κ3) is 5.30. The lowest BCUT2D eigenvalue weighted by atomic mass is 10.1. The first-order valence-corrected chi connectivity index (χ1v) is 8.31. The third-order valence-corrected chi connectivity index (χ3v) is 3.59. The molecule has 2 aromatic carbocycles. The molecule has 128 valence electrons. The Balaban J connectivity index is 1.84. The van der Waals surface area contributed by atoms with Gasteiger partial charge in [-0.2, -0.15) is 0 Å². The molecule has 0 atom stereocenters. The summed E-state index contributed by atoms with van der Waals surface area (Å²) >= 11 is 0. The molecule has 0 spiro atoms. The fourth-order valence-electron chi connectivity index (χ4n) is 2.24. The van der Waals surface area contributed by atoms with Crippen LogP contribution in [0, 0.1) is 13.8 Å². The molecule has 0 unspecified atom stereocenters. The van der Waals surface area contributed by atoms with Gasteiger partial charge in [0.25, 0.3) is 5.91 Å². The summed E-state index contributed by atoms with van der Waals surface area (Å²) in [5.74, 6) is 1.48. The molecule has 0 aromatic heterocycles. The van der Waals surface area contributed by atoms with Crippen molar-refractivity contribution >= 4 is 5.91 Å². The molecule has 0 radical (unpaired) electrons. The summed E-state index contributed by atoms with van der Waals surface area (Å²) in [6, 6.07) is 13.3. The van der Waals surface area contributed by atoms with Gasteiger partial charge in [0.15, 0.2) is 0 Å². The number of benzene rings is 2. The van der Waals surface area contributed by atoms with Gasteiger partial charge in [-0.3, -0.25) is 4.79 Å². The average Bonchev–Trinajstić information content (AvgIpc) is 2.59. The minimum atomic E-state index is -0.0751. The molecule has 2 rings (SSSR count). The molecule has 1 amide bonds. The van der Waals surface area contributed by atoms with Crippen molar-refractivity contribution in [2.45, 2.75) is 27.2 Å². The van der Waals surface area contributed by atoms with Gasteiger partial charge in [-0.05, 0) is 55.7 Å². The molecule has 1 N–H and O–H groups in total. The van der Waals surface area contributed by atoms with Crippen LogP contribution in [0.15, 0.2) is 42.5 Å². The molecule has 0 saturated heterocycles. The highest BCUT2D eigenvalue weighted by atomic mass is 16.5. The van der Waals surface area contributed by atoms with Gasteiger partial charge >= 0.3 is 0 Å². The number of carbonyl (C=O) groups is 1. The first-order valence-electron chi connectivity index (χ1n) is 8.31. The average molecular weight is 327 g/mol. The van der Waals surface area contributed by atoms with Crippen molar-refractivity contribution < 1.29 is 14.3 Å². The number of nitrogens with one attached hydrogen (secondary N) is 1. The summed E-state index contributed by atoms with van der Waals surface area (Å²) in [7, 11) is 0. The maximum absolute atomic E-state index is 11.9. The first kappa shape index (κ1) is 17.9. The second-order valence-corrected chi connectivity index (χ2v) is 5.75. The number of carbonyl (C=O) groups excluding carboxylic acids is 1. The number of hydrogen-bond donors (Lipinski definition) is 1. The lowest BCUT2D eigenvalue weighted by Gasteiger charge is -2.11. The van der Waals surface area contributed by atoms with E-state index in [1.54, 1.807) is 12.1 Å². The molecule has 0 aliphatic carbocycles. The predicted molar refractivity (Wildman–Crippen MR) is 96.0 cm³/mol. The Morgan fingerprint density at radius 1 is 1.04 bits per heavy atom. The minimum Gasteiger partial charge on any atom is -0.490 e. The number of amides is 1. The van der Waals surface area contributed by atoms with E-state index in [2.05, 4.69) is 11.4 Å². The van der Waals surface area contributed by atoms with Crippen LogP contribution < -0.4 is 14.8 Å². The van der Waals surface area contributed by atoms with Crippen LogP contribution in [0.1, 0.15) is 34.8 Å². The lowest BCUT2D eigenvalue weighted by Crippen LogP contribution is -2.23. The van der Waals surface area contributed by atoms with Gasteiger partial charge in [-0.15, -0.1) is 0 Å². The van der Waals surface area contributed by atoms with Crippen LogP contribution in [0.2, 0.25) is 0 Å². The van der Waals surface area contributed by atoms with Crippen LogP contribution in [0.25, 0.3) is 0 Å². The van der Waals surface area contributed by atoms with Crippen LogP contribution in [0.4, 0.5) is 0 Å². The number of hydrogen-bond acceptors (Lipinski definition) is 3. The number of aryl methyl sites for hydroxylation is 2. The third-order valence-electron chi connectivity index (χ3n) is 3.59. The van der Waals surface area contributed by atoms with E-state index in [0.29, 0.717) is 31.1 Å². The lowest BCUT2D eigenvalue weighted by molar-refractivity contribution is 0.0953. The minimum absolute atomic E-state index is 0.0751. The van der Waals surface area contributed by atoms with Crippen LogP contribution >= 0.6 is 0 Å². The molecule has 4 nitrogen and oxygen atoms in total. The molecule has 0 saturated carbocycles. The summed E-state index contributed by atoms with van der Waals surface area (Å²) in [6.07, 6.45) is 0.914. The molecule has 0 fully saturated rings. The molecule has 2 aromatic rings. The van der Waals surface area contributed by atoms with E-state index >= 15 is 0 Å². The second kappa shape index (κ2) is 8.96. The highest BCUT2D eigenvalue weighted by Crippen LogP contribution is 2.19. The monoisotopic (exact) mass is 327 g/mol. The Bertz CT molecular complexity index is 682. The smallest absolute Gasteiger partial charge is 0.251 e. The Kier molecular flexibility index (Phi) is 6.67. The Hall–Kier alpha value is -2.49. The van der Waals surface area contributed by atoms with E-state index in [1.165, 1.54) is 5.56 Å². The van der Waals surface area contributed by atoms with E-state index < -0.39 is 0 Å². The van der Waals surface area contributed by atoms with Crippen molar-refractivity contribution in [3.63, 3.8) is 0 Å². The molecular formula is C20H25NO3. The van der Waals surface area contributed by atoms with Crippen molar-refractivity contribution in [2.75, 3.05) is 19.8 Å². The van der Waals surface area contributed by atoms with Gasteiger partial charge < -0.3 is 14.8 Å². The van der Waals surface area contributed by atoms with Gasteiger partial charge in [0.05, 0.1) is 0 Å². The summed E-state index contributed by atoms with van der Waals surface area (Å²) in [5, 5.41) is 2.86. The normalized spacial score (nSPS) is 10.3. The van der Waals surface area contributed by atoms with Gasteiger partial charge in [0, 0.05) is 12.1 Å². The Morgan fingerprint density at radius 3 is 2.62 bits per heavy atom. The highest BCUT2D eigenvalue weighted by Gasteiger charge is 2.06. The number of rotatable bonds is 8. The quantitative estimate of drug-likeness (QED) is 0.748. The maximum atomic E-state index is 11.9. The predicted octanol–water partition coefficient (Wildman–Crippen LogP) is 3.90. The van der Waals surface area contributed by atoms with E-state index in [-0.39, 0.29) is 5.91 Å². The molecular weight excluding hydrogens is 302 g/mol. The van der Waals surface area contributed by atoms with Gasteiger partial charge in [-0.1, -0.05) is 25.1 Å². The summed E-state index contributed by atoms with van der Waals surface area (Å²) < 4.78 is 11.5. The van der Waals surface area contributed by atoms with Crippen molar-refractivity contribution in [3.05, 3.63) is 59.2 Å². The van der Waals surface area contributed by atoms with Crippen LogP contribution in [-0.2, 0) is 0 Å². The second-order valence-electron chi connectivity index (χ2n) is 5.75. The topological polar surface area (TPSA) is 47.6 Å². The van der Waals surface area contributed by atoms with E-state index in [4.69, 9.17) is 9.47 Å². The van der Waals surface area contributed by atoms with E-state index in [9.17, 15) is 4.79 Å². The van der Waals surface area contributed by atoms with Gasteiger partial charge in [-0.25, -0.2) is 0 Å². The van der Waals surface area contributed by atoms with Gasteiger partial charge in [0.1, 0.15) is 24.7 Å². The summed E-state index contributed by atoms with van der Waals surface area (Å²) in [4.78, 5) is 11.9. The molecule has 0 aliphatic rings. The standard InChI is InChI=1S/C20H25NO3/c1-4-10-21-20(22)17-6-5-7-18(14-17)23-11-12-24-19-13-15(2)8-9-16(19)3/h5-9,13-14H,4,10-12H2,1-3H3,(H,21,22). The largest absolute Gasteiger partial charge is 0.490 e. The zero-order valence-electron chi connectivity index (χ0n) is 14.6. The van der Waals surface area contributed by atoms with Crippen molar-refractivity contribution in [3.8, 4) is 11.5 Å². The fourth-order valence-corrected chi connectivity index (χ4v) is 2.24. The fraction of sp³-hybridized carbons (Fsp3) is 0.350. The van der Waals surface area contributed by atoms with E-state index in [1.807, 2.05) is 45.0 Å². The SMILES string of the molecule is CCCNC(=O)c1cccc(OCCOc2cc(C)ccc2C)c1. The van der Waals surface area contributed by atoms with Crippen molar-refractivity contribution in [2.24, 2.45) is 0 Å². The maximum Gasteiger partial charge on any atom is 0.251 e.